The van der Waals surface area contributed by atoms with Gasteiger partial charge in [0.15, 0.2) is 0 Å². The van der Waals surface area contributed by atoms with Crippen molar-refractivity contribution < 1.29 is 12.8 Å². The van der Waals surface area contributed by atoms with Gasteiger partial charge < -0.3 is 4.42 Å². The largest absolute Gasteiger partial charge is 0.463 e. The van der Waals surface area contributed by atoms with E-state index in [9.17, 15) is 8.42 Å². The molecule has 1 heterocycles. The van der Waals surface area contributed by atoms with E-state index < -0.39 is 10.0 Å². The molecule has 1 aromatic heterocycles. The molecule has 0 saturated carbocycles. The fourth-order valence-corrected chi connectivity index (χ4v) is 2.88. The van der Waals surface area contributed by atoms with E-state index in [2.05, 4.69) is 30.6 Å². The Balaban J connectivity index is 2.03. The van der Waals surface area contributed by atoms with Gasteiger partial charge in [0.05, 0.1) is 25.9 Å². The van der Waals surface area contributed by atoms with Crippen LogP contribution in [0.25, 0.3) is 0 Å². The molecule has 6 heteroatoms. The number of hydrogen-bond acceptors (Lipinski definition) is 4. The monoisotopic (exact) mass is 388 g/mol. The lowest BCUT2D eigenvalue weighted by Crippen LogP contribution is -2.32. The maximum Gasteiger partial charge on any atom is 0.211 e. The summed E-state index contributed by atoms with van der Waals surface area (Å²) in [5, 5.41) is 0. The van der Waals surface area contributed by atoms with E-state index in [1.54, 1.807) is 7.05 Å². The second-order valence-electron chi connectivity index (χ2n) is 6.72. The Bertz CT molecular complexity index is 879. The van der Waals surface area contributed by atoms with E-state index in [0.717, 1.165) is 17.7 Å². The Hall–Kier alpha value is -2.07. The molecule has 0 saturated heterocycles. The van der Waals surface area contributed by atoms with Crippen molar-refractivity contribution in [2.24, 2.45) is 0 Å². The standard InChI is InChI=1S/C21H28N2O3S/c1-5-18(2)23(15-9-12-19-10-7-6-8-11-19)17-21-14-13-20(26-21)16-22(3)27(4,24)25/h6-8,10-11,13-14,18H,5,15-17H2,1-4H3. The van der Waals surface area contributed by atoms with Crippen molar-refractivity contribution in [1.82, 2.24) is 9.21 Å². The van der Waals surface area contributed by atoms with Crippen LogP contribution in [0, 0.1) is 11.8 Å². The summed E-state index contributed by atoms with van der Waals surface area (Å²) in [6, 6.07) is 14.0. The molecule has 0 spiro atoms. The molecule has 0 fully saturated rings. The number of hydrogen-bond donors (Lipinski definition) is 0. The molecule has 27 heavy (non-hydrogen) atoms. The highest BCUT2D eigenvalue weighted by Gasteiger charge is 2.16. The Morgan fingerprint density at radius 2 is 1.70 bits per heavy atom. The average Bonchev–Trinajstić information content (AvgIpc) is 3.07. The Kier molecular flexibility index (Phi) is 7.66. The van der Waals surface area contributed by atoms with Gasteiger partial charge in [0.1, 0.15) is 11.5 Å². The van der Waals surface area contributed by atoms with Crippen molar-refractivity contribution in [2.45, 2.75) is 39.4 Å². The van der Waals surface area contributed by atoms with E-state index >= 15 is 0 Å². The van der Waals surface area contributed by atoms with Crippen LogP contribution in [-0.4, -0.2) is 43.5 Å². The molecular weight excluding hydrogens is 360 g/mol. The minimum atomic E-state index is -3.23. The number of benzene rings is 1. The molecule has 0 amide bonds. The lowest BCUT2D eigenvalue weighted by molar-refractivity contribution is 0.201. The molecule has 0 aliphatic rings. The third kappa shape index (κ3) is 6.87. The first-order valence-electron chi connectivity index (χ1n) is 9.06. The molecule has 146 valence electrons. The van der Waals surface area contributed by atoms with Crippen LogP contribution in [0.2, 0.25) is 0 Å². The van der Waals surface area contributed by atoms with Gasteiger partial charge in [-0.3, -0.25) is 4.90 Å². The van der Waals surface area contributed by atoms with Crippen LogP contribution in [0.15, 0.2) is 46.9 Å². The maximum atomic E-state index is 11.5. The van der Waals surface area contributed by atoms with Crippen LogP contribution >= 0.6 is 0 Å². The summed E-state index contributed by atoms with van der Waals surface area (Å²) in [5.41, 5.74) is 1.01. The molecule has 1 aromatic carbocycles. The van der Waals surface area contributed by atoms with Gasteiger partial charge in [0, 0.05) is 18.7 Å². The van der Waals surface area contributed by atoms with E-state index in [1.165, 1.54) is 10.6 Å². The van der Waals surface area contributed by atoms with Gasteiger partial charge in [-0.1, -0.05) is 37.0 Å². The zero-order chi connectivity index (χ0) is 19.9. The Labute approximate surface area is 163 Å². The average molecular weight is 389 g/mol. The van der Waals surface area contributed by atoms with Gasteiger partial charge in [-0.2, -0.15) is 4.31 Å². The lowest BCUT2D eigenvalue weighted by atomic mass is 10.2. The second-order valence-corrected chi connectivity index (χ2v) is 8.81. The lowest BCUT2D eigenvalue weighted by Gasteiger charge is -2.25. The van der Waals surface area contributed by atoms with Crippen molar-refractivity contribution >= 4 is 10.0 Å². The van der Waals surface area contributed by atoms with E-state index in [4.69, 9.17) is 4.42 Å². The highest BCUT2D eigenvalue weighted by Crippen LogP contribution is 2.15. The molecule has 0 radical (unpaired) electrons. The quantitative estimate of drug-likeness (QED) is 0.651. The zero-order valence-corrected chi connectivity index (χ0v) is 17.3. The van der Waals surface area contributed by atoms with Crippen molar-refractivity contribution in [1.29, 1.82) is 0 Å². The summed E-state index contributed by atoms with van der Waals surface area (Å²) in [7, 11) is -1.68. The minimum Gasteiger partial charge on any atom is -0.463 e. The summed E-state index contributed by atoms with van der Waals surface area (Å²) in [6.07, 6.45) is 2.20. The number of furan rings is 1. The zero-order valence-electron chi connectivity index (χ0n) is 16.5. The van der Waals surface area contributed by atoms with Crippen LogP contribution in [0.4, 0.5) is 0 Å². The first kappa shape index (κ1) is 21.2. The first-order valence-corrected chi connectivity index (χ1v) is 10.9. The van der Waals surface area contributed by atoms with Gasteiger partial charge in [-0.15, -0.1) is 0 Å². The third-order valence-electron chi connectivity index (χ3n) is 4.52. The van der Waals surface area contributed by atoms with E-state index in [1.807, 2.05) is 42.5 Å². The summed E-state index contributed by atoms with van der Waals surface area (Å²) in [4.78, 5) is 2.26. The van der Waals surface area contributed by atoms with Gasteiger partial charge in [0.2, 0.25) is 10.0 Å². The first-order chi connectivity index (χ1) is 12.8. The Morgan fingerprint density at radius 1 is 1.07 bits per heavy atom. The van der Waals surface area contributed by atoms with Gasteiger partial charge >= 0.3 is 0 Å². The summed E-state index contributed by atoms with van der Waals surface area (Å²) in [6.45, 7) is 5.84. The fourth-order valence-electron chi connectivity index (χ4n) is 2.52. The number of sulfonamides is 1. The number of rotatable bonds is 8. The molecule has 1 unspecified atom stereocenters. The minimum absolute atomic E-state index is 0.232. The van der Waals surface area contributed by atoms with E-state index in [-0.39, 0.29) is 6.54 Å². The summed E-state index contributed by atoms with van der Waals surface area (Å²) >= 11 is 0. The predicted octanol–water partition coefficient (Wildman–Crippen LogP) is 3.32. The predicted molar refractivity (Wildman–Crippen MR) is 109 cm³/mol. The highest BCUT2D eigenvalue weighted by atomic mass is 32.2. The third-order valence-corrected chi connectivity index (χ3v) is 5.79. The maximum absolute atomic E-state index is 11.5. The van der Waals surface area contributed by atoms with Gasteiger partial charge in [-0.05, 0) is 37.6 Å². The molecule has 0 aliphatic heterocycles. The molecule has 0 N–H and O–H groups in total. The number of nitrogens with zero attached hydrogens (tertiary/aromatic N) is 2. The van der Waals surface area contributed by atoms with Crippen LogP contribution in [0.5, 0.6) is 0 Å². The molecule has 2 rings (SSSR count). The second kappa shape index (κ2) is 9.75. The molecule has 2 aromatic rings. The van der Waals surface area contributed by atoms with Crippen molar-refractivity contribution in [3.8, 4) is 11.8 Å². The summed E-state index contributed by atoms with van der Waals surface area (Å²) < 4.78 is 30.2. The fraction of sp³-hybridized carbons (Fsp3) is 0.429. The summed E-state index contributed by atoms with van der Waals surface area (Å²) in [5.74, 6) is 7.89. The molecule has 5 nitrogen and oxygen atoms in total. The van der Waals surface area contributed by atoms with E-state index in [0.29, 0.717) is 24.9 Å². The van der Waals surface area contributed by atoms with Gasteiger partial charge in [0.25, 0.3) is 0 Å². The molecular formula is C21H28N2O3S. The normalized spacial score (nSPS) is 12.8. The Morgan fingerprint density at radius 3 is 2.30 bits per heavy atom. The molecule has 1 atom stereocenters. The van der Waals surface area contributed by atoms with Crippen LogP contribution in [0.1, 0.15) is 37.4 Å². The topological polar surface area (TPSA) is 53.8 Å². The molecule has 0 bridgehead atoms. The smallest absolute Gasteiger partial charge is 0.211 e. The van der Waals surface area contributed by atoms with Crippen LogP contribution in [0.3, 0.4) is 0 Å². The SMILES string of the molecule is CCC(C)N(CC#Cc1ccccc1)Cc1ccc(CN(C)S(C)(=O)=O)o1. The van der Waals surface area contributed by atoms with Gasteiger partial charge in [-0.25, -0.2) is 8.42 Å². The van der Waals surface area contributed by atoms with Crippen molar-refractivity contribution in [3.05, 3.63) is 59.5 Å². The van der Waals surface area contributed by atoms with Crippen LogP contribution < -0.4 is 0 Å². The van der Waals surface area contributed by atoms with Crippen molar-refractivity contribution in [2.75, 3.05) is 19.8 Å². The van der Waals surface area contributed by atoms with Crippen LogP contribution in [-0.2, 0) is 23.1 Å². The molecule has 0 aliphatic carbocycles. The van der Waals surface area contributed by atoms with Crippen molar-refractivity contribution in [3.63, 3.8) is 0 Å². The highest BCUT2D eigenvalue weighted by molar-refractivity contribution is 7.88.